The molecule has 18 heavy (non-hydrogen) atoms. The minimum absolute atomic E-state index is 0.0768. The first-order valence-electron chi connectivity index (χ1n) is 6.71. The van der Waals surface area contributed by atoms with Gasteiger partial charge in [0.1, 0.15) is 11.4 Å². The molecule has 1 aliphatic carbocycles. The van der Waals surface area contributed by atoms with Crippen LogP contribution >= 0.6 is 0 Å². The summed E-state index contributed by atoms with van der Waals surface area (Å²) in [5.74, 6) is 0.356. The third-order valence-corrected chi connectivity index (χ3v) is 3.41. The summed E-state index contributed by atoms with van der Waals surface area (Å²) in [6, 6.07) is 0. The quantitative estimate of drug-likeness (QED) is 0.821. The maximum atomic E-state index is 12.2. The molecule has 0 bridgehead atoms. The average molecular weight is 255 g/mol. The molecule has 1 amide bonds. The number of hydrogen-bond donors (Lipinski definition) is 1. The van der Waals surface area contributed by atoms with Gasteiger partial charge in [-0.15, -0.1) is 0 Å². The molecule has 0 spiro atoms. The highest BCUT2D eigenvalue weighted by atomic mass is 16.6. The summed E-state index contributed by atoms with van der Waals surface area (Å²) in [5.41, 5.74) is -0.812. The minimum Gasteiger partial charge on any atom is -0.444 e. The lowest BCUT2D eigenvalue weighted by atomic mass is 9.89. The highest BCUT2D eigenvalue weighted by Gasteiger charge is 2.50. The van der Waals surface area contributed by atoms with Crippen LogP contribution in [0.25, 0.3) is 0 Å². The van der Waals surface area contributed by atoms with E-state index in [1.54, 1.807) is 0 Å². The van der Waals surface area contributed by atoms with E-state index >= 15 is 0 Å². The molecule has 1 N–H and O–H groups in total. The molecule has 104 valence electrons. The van der Waals surface area contributed by atoms with Crippen LogP contribution in [0.15, 0.2) is 0 Å². The van der Waals surface area contributed by atoms with Gasteiger partial charge in [-0.2, -0.15) is 0 Å². The molecule has 0 saturated heterocycles. The zero-order valence-corrected chi connectivity index (χ0v) is 12.1. The molecule has 1 atom stereocenters. The number of hydrogen-bond acceptors (Lipinski definition) is 3. The van der Waals surface area contributed by atoms with Crippen LogP contribution in [0.2, 0.25) is 0 Å². The topological polar surface area (TPSA) is 55.4 Å². The van der Waals surface area contributed by atoms with Gasteiger partial charge in [-0.3, -0.25) is 4.79 Å². The summed E-state index contributed by atoms with van der Waals surface area (Å²) in [4.78, 5) is 23.7. The molecule has 1 saturated carbocycles. The van der Waals surface area contributed by atoms with Crippen molar-refractivity contribution in [3.05, 3.63) is 0 Å². The Kier molecular flexibility index (Phi) is 4.41. The number of rotatable bonds is 5. The zero-order valence-electron chi connectivity index (χ0n) is 12.1. The molecule has 4 heteroatoms. The van der Waals surface area contributed by atoms with Gasteiger partial charge in [-0.05, 0) is 40.0 Å². The Morgan fingerprint density at radius 2 is 1.89 bits per heavy atom. The van der Waals surface area contributed by atoms with Crippen molar-refractivity contribution in [1.82, 2.24) is 5.32 Å². The fraction of sp³-hybridized carbons (Fsp3) is 0.857. The van der Waals surface area contributed by atoms with Crippen molar-refractivity contribution in [3.8, 4) is 0 Å². The van der Waals surface area contributed by atoms with E-state index in [1.807, 2.05) is 34.6 Å². The molecular formula is C14H25NO3. The van der Waals surface area contributed by atoms with Crippen molar-refractivity contribution >= 4 is 11.9 Å². The van der Waals surface area contributed by atoms with Crippen molar-refractivity contribution < 1.29 is 14.3 Å². The Bertz CT molecular complexity index is 326. The van der Waals surface area contributed by atoms with E-state index in [0.717, 1.165) is 19.3 Å². The Balaban J connectivity index is 2.44. The fourth-order valence-electron chi connectivity index (χ4n) is 1.92. The third kappa shape index (κ3) is 4.00. The number of ketones is 1. The van der Waals surface area contributed by atoms with E-state index in [4.69, 9.17) is 4.74 Å². The van der Waals surface area contributed by atoms with Gasteiger partial charge in [0.05, 0.1) is 0 Å². The van der Waals surface area contributed by atoms with Gasteiger partial charge in [0.15, 0.2) is 0 Å². The van der Waals surface area contributed by atoms with Crippen LogP contribution < -0.4 is 5.32 Å². The van der Waals surface area contributed by atoms with Crippen molar-refractivity contribution in [3.63, 3.8) is 0 Å². The number of nitrogens with one attached hydrogen (secondary N) is 1. The standard InChI is InChI=1S/C14H25NO3/c1-6-10(2)11(16)14(7-8-14)9-15-12(17)18-13(3,4)5/h10H,6-9H2,1-5H3,(H,15,17). The van der Waals surface area contributed by atoms with E-state index < -0.39 is 11.7 Å². The normalized spacial score (nSPS) is 18.9. The van der Waals surface area contributed by atoms with Crippen LogP contribution in [0.4, 0.5) is 4.79 Å². The number of carbonyl (C=O) groups is 2. The van der Waals surface area contributed by atoms with Gasteiger partial charge in [0, 0.05) is 17.9 Å². The molecule has 1 aliphatic rings. The van der Waals surface area contributed by atoms with Gasteiger partial charge in [0.25, 0.3) is 0 Å². The molecule has 4 nitrogen and oxygen atoms in total. The molecule has 0 aromatic carbocycles. The minimum atomic E-state index is -0.498. The number of carbonyl (C=O) groups excluding carboxylic acids is 2. The van der Waals surface area contributed by atoms with Gasteiger partial charge < -0.3 is 10.1 Å². The third-order valence-electron chi connectivity index (χ3n) is 3.41. The maximum Gasteiger partial charge on any atom is 0.407 e. The number of Topliss-reactive ketones (excluding diaryl/α,β-unsaturated/α-hetero) is 1. The second kappa shape index (κ2) is 5.29. The number of amides is 1. The lowest BCUT2D eigenvalue weighted by Gasteiger charge is -2.22. The van der Waals surface area contributed by atoms with Crippen molar-refractivity contribution in [1.29, 1.82) is 0 Å². The molecule has 0 aromatic heterocycles. The first-order valence-corrected chi connectivity index (χ1v) is 6.71. The lowest BCUT2D eigenvalue weighted by molar-refractivity contribution is -0.127. The number of alkyl carbamates (subject to hydrolysis) is 1. The highest BCUT2D eigenvalue weighted by molar-refractivity contribution is 5.89. The van der Waals surface area contributed by atoms with Crippen LogP contribution in [-0.2, 0) is 9.53 Å². The SMILES string of the molecule is CCC(C)C(=O)C1(CNC(=O)OC(C)(C)C)CC1. The maximum absolute atomic E-state index is 12.2. The Morgan fingerprint density at radius 1 is 1.33 bits per heavy atom. The first-order chi connectivity index (χ1) is 8.20. The van der Waals surface area contributed by atoms with Crippen molar-refractivity contribution in [2.45, 2.75) is 59.5 Å². The molecule has 1 fully saturated rings. The van der Waals surface area contributed by atoms with Crippen LogP contribution in [0, 0.1) is 11.3 Å². The van der Waals surface area contributed by atoms with Gasteiger partial charge in [-0.1, -0.05) is 13.8 Å². The lowest BCUT2D eigenvalue weighted by Crippen LogP contribution is -2.39. The summed E-state index contributed by atoms with van der Waals surface area (Å²) >= 11 is 0. The Morgan fingerprint density at radius 3 is 2.28 bits per heavy atom. The van der Waals surface area contributed by atoms with E-state index in [9.17, 15) is 9.59 Å². The van der Waals surface area contributed by atoms with Crippen LogP contribution in [0.1, 0.15) is 53.9 Å². The van der Waals surface area contributed by atoms with Crippen molar-refractivity contribution in [2.75, 3.05) is 6.54 Å². The molecule has 0 aromatic rings. The van der Waals surface area contributed by atoms with E-state index in [2.05, 4.69) is 5.32 Å². The first kappa shape index (κ1) is 15.0. The van der Waals surface area contributed by atoms with E-state index in [1.165, 1.54) is 0 Å². The summed E-state index contributed by atoms with van der Waals surface area (Å²) in [7, 11) is 0. The summed E-state index contributed by atoms with van der Waals surface area (Å²) in [6.45, 7) is 9.85. The van der Waals surface area contributed by atoms with Crippen LogP contribution in [0.3, 0.4) is 0 Å². The van der Waals surface area contributed by atoms with Gasteiger partial charge in [0.2, 0.25) is 0 Å². The second-order valence-corrected chi connectivity index (χ2v) is 6.31. The highest BCUT2D eigenvalue weighted by Crippen LogP contribution is 2.47. The molecule has 1 rings (SSSR count). The smallest absolute Gasteiger partial charge is 0.407 e. The van der Waals surface area contributed by atoms with Crippen LogP contribution in [0.5, 0.6) is 0 Å². The van der Waals surface area contributed by atoms with E-state index in [0.29, 0.717) is 6.54 Å². The second-order valence-electron chi connectivity index (χ2n) is 6.31. The molecular weight excluding hydrogens is 230 g/mol. The summed E-state index contributed by atoms with van der Waals surface area (Å²) < 4.78 is 5.17. The number of ether oxygens (including phenoxy) is 1. The Labute approximate surface area is 109 Å². The Hall–Kier alpha value is -1.06. The molecule has 0 heterocycles. The largest absolute Gasteiger partial charge is 0.444 e. The molecule has 0 radical (unpaired) electrons. The van der Waals surface area contributed by atoms with Gasteiger partial charge >= 0.3 is 6.09 Å². The predicted octanol–water partition coefficient (Wildman–Crippen LogP) is 2.91. The summed E-state index contributed by atoms with van der Waals surface area (Å²) in [5, 5.41) is 2.72. The summed E-state index contributed by atoms with van der Waals surface area (Å²) in [6.07, 6.45) is 2.18. The average Bonchev–Trinajstić information content (AvgIpc) is 3.03. The zero-order chi connectivity index (χ0) is 14.0. The van der Waals surface area contributed by atoms with Gasteiger partial charge in [-0.25, -0.2) is 4.79 Å². The van der Waals surface area contributed by atoms with E-state index in [-0.39, 0.29) is 17.1 Å². The fourth-order valence-corrected chi connectivity index (χ4v) is 1.92. The van der Waals surface area contributed by atoms with Crippen molar-refractivity contribution in [2.24, 2.45) is 11.3 Å². The predicted molar refractivity (Wildman–Crippen MR) is 70.4 cm³/mol. The molecule has 1 unspecified atom stereocenters. The molecule has 0 aliphatic heterocycles. The van der Waals surface area contributed by atoms with Crippen LogP contribution in [-0.4, -0.2) is 24.0 Å². The monoisotopic (exact) mass is 255 g/mol.